The summed E-state index contributed by atoms with van der Waals surface area (Å²) in [7, 11) is 11.8. The van der Waals surface area contributed by atoms with Gasteiger partial charge in [-0.2, -0.15) is 0 Å². The second-order valence-electron chi connectivity index (χ2n) is 28.1. The average molecular weight is 1680 g/mol. The third kappa shape index (κ3) is 85.4. The number of nitrogens with one attached hydrogen (secondary N) is 6. The minimum atomic E-state index is -1.10. The number of aliphatic hydroxyl groups is 2. The number of hydrogen-bond donors (Lipinski definition) is 11. The summed E-state index contributed by atoms with van der Waals surface area (Å²) in [6.45, 7) is 26.6. The highest BCUT2D eigenvalue weighted by molar-refractivity contribution is 14.1. The lowest BCUT2D eigenvalue weighted by Crippen LogP contribution is -2.44. The molecule has 0 bridgehead atoms. The number of halogens is 1. The number of methoxy groups -OCH3 is 8. The van der Waals surface area contributed by atoms with Crippen LogP contribution in [-0.4, -0.2) is 255 Å². The van der Waals surface area contributed by atoms with E-state index in [1.54, 1.807) is 112 Å². The lowest BCUT2D eigenvalue weighted by molar-refractivity contribution is -0.145. The Hall–Kier alpha value is -6.22. The fraction of sp³-hybridized carbons (Fsp3) is 0.849. The maximum atomic E-state index is 11.9. The topological polar surface area (TPSA) is 483 Å². The minimum Gasteiger partial charge on any atom is -0.480 e. The Bertz CT molecular complexity index is 2320. The van der Waals surface area contributed by atoms with Crippen LogP contribution in [0.25, 0.3) is 0 Å². The summed E-state index contributed by atoms with van der Waals surface area (Å²) in [5, 5.41) is 41.4. The van der Waals surface area contributed by atoms with Crippen LogP contribution in [0.5, 0.6) is 0 Å². The maximum Gasteiger partial charge on any atom is 0.408 e. The van der Waals surface area contributed by atoms with Gasteiger partial charge in [-0.15, -0.1) is 0 Å². The molecule has 0 aromatic heterocycles. The molecule has 34 nitrogen and oxygen atoms in total. The molecule has 640 valence electrons. The van der Waals surface area contributed by atoms with Gasteiger partial charge in [-0.1, -0.05) is 22.6 Å². The summed E-state index contributed by atoms with van der Waals surface area (Å²) < 4.78 is 58.6. The van der Waals surface area contributed by atoms with Crippen molar-refractivity contribution in [3.63, 3.8) is 0 Å². The molecule has 0 saturated carbocycles. The quantitative estimate of drug-likeness (QED) is 0.00896. The number of aliphatic carboxylic acids is 1. The monoisotopic (exact) mass is 1680 g/mol. The number of nitrogens with two attached hydrogens (primary N) is 2. The zero-order valence-corrected chi connectivity index (χ0v) is 71.6. The van der Waals surface area contributed by atoms with Crippen LogP contribution in [0.15, 0.2) is 0 Å². The molecule has 0 aliphatic carbocycles. The number of aliphatic hydroxyl groups excluding tert-OH is 2. The molecular weight excluding hydrogens is 1530 g/mol. The molecular formula is C73H145IN8O26. The van der Waals surface area contributed by atoms with E-state index in [2.05, 4.69) is 68.7 Å². The zero-order chi connectivity index (χ0) is 84.8. The number of carboxylic acid groups (broad SMARTS) is 1. The number of carboxylic acids is 1. The summed E-state index contributed by atoms with van der Waals surface area (Å²) in [5.41, 5.74) is 8.43. The average Bonchev–Trinajstić information content (AvgIpc) is 1.08. The number of rotatable bonds is 45. The smallest absolute Gasteiger partial charge is 0.408 e. The number of unbranched alkanes of at least 4 members (excludes halogenated alkanes) is 6. The van der Waals surface area contributed by atoms with Gasteiger partial charge in [0.25, 0.3) is 0 Å². The van der Waals surface area contributed by atoms with Gasteiger partial charge < -0.3 is 116 Å². The van der Waals surface area contributed by atoms with Gasteiger partial charge in [-0.05, 0) is 230 Å². The number of carbonyl (C=O) groups excluding carboxylic acids is 10. The Morgan fingerprint density at radius 2 is 0.611 bits per heavy atom. The van der Waals surface area contributed by atoms with Gasteiger partial charge in [0.1, 0.15) is 52.6 Å². The summed E-state index contributed by atoms with van der Waals surface area (Å²) in [4.78, 5) is 129. The molecule has 108 heavy (non-hydrogen) atoms. The Kier molecular flexibility index (Phi) is 78.4. The second-order valence-corrected chi connectivity index (χ2v) is 28.1. The first-order valence-corrected chi connectivity index (χ1v) is 38.7. The molecule has 0 aliphatic rings. The van der Waals surface area contributed by atoms with E-state index in [1.807, 2.05) is 11.9 Å². The van der Waals surface area contributed by atoms with E-state index < -0.39 is 107 Å². The van der Waals surface area contributed by atoms with Crippen molar-refractivity contribution in [2.24, 2.45) is 11.5 Å². The molecule has 6 atom stereocenters. The van der Waals surface area contributed by atoms with Gasteiger partial charge in [0, 0.05) is 93.5 Å². The molecule has 0 spiro atoms. The number of hydrogen-bond acceptors (Lipinski definition) is 27. The number of carbonyl (C=O) groups is 11. The third-order valence-electron chi connectivity index (χ3n) is 13.2. The number of esters is 4. The lowest BCUT2D eigenvalue weighted by atomic mass is 10.1. The van der Waals surface area contributed by atoms with Crippen LogP contribution in [0, 0.1) is 0 Å². The Labute approximate surface area is 658 Å². The standard InChI is InChI=1S/C17H32N2O6.C13H25NO5.C12H24N2O4.C12H23NO5.C11H21NO5.C7H17NO.CH3I/c1-17(2,3)25-16(22)18-11-8-10-14(20)19-13(15(21)24-5)9-6-7-12-23-4;1-13(2,3)19-12(16)14-10(11(15)18-5)8-6-7-9-17-4;1-17-9-4-3-6-10(12(16)18-2)14-11(15)7-5-8-13;1-12(2,3)18-11(16)13-9(10(15)17-4)7-5-6-8-14;1-11(2,3)17-10(16)12-8(9(14)15)6-4-5-7-13;1-7(8)5-3-4-6-9-2;1-2/h13H,6-12H2,1-5H3,(H,18,22)(H,19,20);10H,6-9H2,1-5H3,(H,14,16);10H,3-9,13H2,1-2H3,(H,14,15);9,14H,5-8H2,1-4H3,(H,13,16);8,13H,4-7H2,1-3H3,(H,12,16)(H,14,15);7H,3-6,8H2,1-2H3;1H3/t13-;2*10-;9-;8-;7-;/m000001./s1. The second kappa shape index (κ2) is 73.6. The van der Waals surface area contributed by atoms with E-state index in [0.717, 1.165) is 58.0 Å². The lowest BCUT2D eigenvalue weighted by Gasteiger charge is -2.22. The van der Waals surface area contributed by atoms with E-state index in [1.165, 1.54) is 34.9 Å². The highest BCUT2D eigenvalue weighted by Crippen LogP contribution is 2.14. The molecule has 6 amide bonds. The molecule has 13 N–H and O–H groups in total. The first-order valence-electron chi connectivity index (χ1n) is 36.6. The number of alkyl carbamates (subject to hydrolysis) is 4. The van der Waals surface area contributed by atoms with Gasteiger partial charge in [0.15, 0.2) is 0 Å². The van der Waals surface area contributed by atoms with E-state index in [-0.39, 0.29) is 37.9 Å². The van der Waals surface area contributed by atoms with Crippen molar-refractivity contribution < 1.29 is 125 Å². The minimum absolute atomic E-state index is 0.0127. The first-order chi connectivity index (χ1) is 50.5. The van der Waals surface area contributed by atoms with Crippen LogP contribution in [0.3, 0.4) is 0 Å². The molecule has 0 aromatic rings. The van der Waals surface area contributed by atoms with Crippen molar-refractivity contribution in [3.8, 4) is 0 Å². The predicted molar refractivity (Wildman–Crippen MR) is 419 cm³/mol. The van der Waals surface area contributed by atoms with E-state index >= 15 is 0 Å². The molecule has 0 heterocycles. The van der Waals surface area contributed by atoms with Crippen LogP contribution in [0.2, 0.25) is 0 Å². The number of ether oxygens (including phenoxy) is 12. The summed E-state index contributed by atoms with van der Waals surface area (Å²) in [5.74, 6) is -3.38. The predicted octanol–water partition coefficient (Wildman–Crippen LogP) is 8.38. The van der Waals surface area contributed by atoms with Crippen molar-refractivity contribution in [2.45, 2.75) is 290 Å². The number of alkyl halides is 1. The molecule has 0 radical (unpaired) electrons. The third-order valence-corrected chi connectivity index (χ3v) is 13.2. The van der Waals surface area contributed by atoms with Crippen LogP contribution in [0.4, 0.5) is 19.2 Å². The number of amides is 6. The Morgan fingerprint density at radius 1 is 0.361 bits per heavy atom. The molecule has 0 fully saturated rings. The fourth-order valence-electron chi connectivity index (χ4n) is 8.14. The highest BCUT2D eigenvalue weighted by atomic mass is 127. The van der Waals surface area contributed by atoms with Crippen molar-refractivity contribution in [1.82, 2.24) is 31.9 Å². The Morgan fingerprint density at radius 3 is 0.861 bits per heavy atom. The van der Waals surface area contributed by atoms with E-state index in [0.29, 0.717) is 110 Å². The largest absolute Gasteiger partial charge is 0.480 e. The van der Waals surface area contributed by atoms with Crippen LogP contribution >= 0.6 is 22.6 Å². The van der Waals surface area contributed by atoms with E-state index in [4.69, 9.17) is 69.4 Å². The normalized spacial score (nSPS) is 12.4. The van der Waals surface area contributed by atoms with Crippen molar-refractivity contribution in [3.05, 3.63) is 0 Å². The molecule has 0 saturated heterocycles. The molecule has 0 rings (SSSR count). The van der Waals surface area contributed by atoms with Crippen molar-refractivity contribution in [1.29, 1.82) is 0 Å². The summed E-state index contributed by atoms with van der Waals surface area (Å²) in [6, 6.07) is -3.28. The zero-order valence-electron chi connectivity index (χ0n) is 69.4. The van der Waals surface area contributed by atoms with Gasteiger partial charge in [0.05, 0.1) is 28.4 Å². The van der Waals surface area contributed by atoms with Crippen LogP contribution in [0.1, 0.15) is 231 Å². The maximum absolute atomic E-state index is 11.9. The van der Waals surface area contributed by atoms with Crippen molar-refractivity contribution in [2.75, 3.05) is 115 Å². The molecule has 0 unspecified atom stereocenters. The summed E-state index contributed by atoms with van der Waals surface area (Å²) in [6.07, 6.45) is 11.7. The van der Waals surface area contributed by atoms with Crippen LogP contribution < -0.4 is 43.4 Å². The van der Waals surface area contributed by atoms with Gasteiger partial charge in [-0.3, -0.25) is 9.59 Å². The Balaban J connectivity index is -0.000000229. The van der Waals surface area contributed by atoms with Gasteiger partial charge in [0.2, 0.25) is 11.8 Å². The first kappa shape index (κ1) is 115. The van der Waals surface area contributed by atoms with Crippen molar-refractivity contribution >= 4 is 88.6 Å². The van der Waals surface area contributed by atoms with Gasteiger partial charge >= 0.3 is 54.2 Å². The SMILES string of the molecule is CC(C)(C)OC(=O)N[C@@H](CCCCO)C(=O)O.CI.COC(=O)[C@H](CCCCO)NC(=O)OC(C)(C)C.COCCCC[C@@H](C)N.COCCCC[C@H](NC(=O)CCCN)C(=O)OC.COCCCC[C@H](NC(=O)CCCNC(=O)OC(C)(C)C)C(=O)OC.COCCCC[C@H](NC(=O)OC(C)(C)C)C(=O)OC. The molecule has 35 heteroatoms. The molecule has 0 aliphatic heterocycles. The highest BCUT2D eigenvalue weighted by Gasteiger charge is 2.28. The summed E-state index contributed by atoms with van der Waals surface area (Å²) >= 11 is 2.15. The van der Waals surface area contributed by atoms with E-state index in [9.17, 15) is 52.7 Å². The fourth-order valence-corrected chi connectivity index (χ4v) is 8.14. The van der Waals surface area contributed by atoms with Crippen LogP contribution in [-0.2, 0) is 90.4 Å². The van der Waals surface area contributed by atoms with Gasteiger partial charge in [-0.25, -0.2) is 43.2 Å². The molecule has 0 aromatic carbocycles.